The van der Waals surface area contributed by atoms with Crippen molar-refractivity contribution in [3.63, 3.8) is 0 Å². The third-order valence-electron chi connectivity index (χ3n) is 2.68. The second kappa shape index (κ2) is 5.70. The van der Waals surface area contributed by atoms with Gasteiger partial charge in [0.25, 0.3) is 0 Å². The fourth-order valence-electron chi connectivity index (χ4n) is 1.62. The second-order valence-corrected chi connectivity index (χ2v) is 4.52. The maximum atomic E-state index is 8.72. The van der Waals surface area contributed by atoms with Gasteiger partial charge in [0.1, 0.15) is 11.5 Å². The Morgan fingerprint density at radius 1 is 1.11 bits per heavy atom. The molecule has 0 aromatic heterocycles. The molecule has 3 heteroatoms. The van der Waals surface area contributed by atoms with Gasteiger partial charge < -0.3 is 4.74 Å². The smallest absolute Gasteiger partial charge is 0.127 e. The number of nitrogens with zero attached hydrogens (tertiary/aromatic N) is 1. The number of rotatable bonds is 3. The summed E-state index contributed by atoms with van der Waals surface area (Å²) in [5.74, 6) is 1.54. The molecule has 0 bridgehead atoms. The van der Waals surface area contributed by atoms with E-state index in [1.54, 1.807) is 24.3 Å². The number of halogens is 1. The maximum Gasteiger partial charge on any atom is 0.127 e. The summed E-state index contributed by atoms with van der Waals surface area (Å²) in [5.41, 5.74) is 3.08. The predicted octanol–water partition coefficient (Wildman–Crippen LogP) is 4.55. The first kappa shape index (κ1) is 12.7. The van der Waals surface area contributed by atoms with E-state index in [2.05, 4.69) is 28.9 Å². The highest BCUT2D eigenvalue weighted by Gasteiger charge is 2.01. The number of alkyl halides is 1. The number of hydrogen-bond donors (Lipinski definition) is 0. The molecule has 2 aromatic rings. The fourth-order valence-corrected chi connectivity index (χ4v) is 2.24. The molecule has 2 rings (SSSR count). The molecule has 90 valence electrons. The van der Waals surface area contributed by atoms with E-state index < -0.39 is 0 Å². The van der Waals surface area contributed by atoms with Crippen molar-refractivity contribution < 1.29 is 4.74 Å². The van der Waals surface area contributed by atoms with E-state index in [1.165, 1.54) is 11.1 Å². The van der Waals surface area contributed by atoms with Crippen molar-refractivity contribution in [2.24, 2.45) is 0 Å². The molecule has 2 nitrogen and oxygen atoms in total. The SMILES string of the molecule is Cc1cc(Oc2ccc(C#N)cc2)ccc1CBr. The largest absolute Gasteiger partial charge is 0.457 e. The third kappa shape index (κ3) is 2.91. The van der Waals surface area contributed by atoms with Crippen LogP contribution in [0.4, 0.5) is 0 Å². The van der Waals surface area contributed by atoms with Crippen LogP contribution < -0.4 is 4.74 Å². The Balaban J connectivity index is 2.18. The van der Waals surface area contributed by atoms with Crippen molar-refractivity contribution in [3.05, 3.63) is 59.2 Å². The standard InChI is InChI=1S/C15H12BrNO/c1-11-8-15(7-4-13(11)9-16)18-14-5-2-12(10-17)3-6-14/h2-8H,9H2,1H3. The lowest BCUT2D eigenvalue weighted by molar-refractivity contribution is 0.482. The van der Waals surface area contributed by atoms with E-state index in [0.29, 0.717) is 5.56 Å². The molecule has 2 aromatic carbocycles. The molecule has 0 aliphatic rings. The summed E-state index contributed by atoms with van der Waals surface area (Å²) in [6.07, 6.45) is 0. The van der Waals surface area contributed by atoms with Crippen molar-refractivity contribution in [1.29, 1.82) is 5.26 Å². The highest BCUT2D eigenvalue weighted by molar-refractivity contribution is 9.08. The molecule has 18 heavy (non-hydrogen) atoms. The van der Waals surface area contributed by atoms with E-state index in [-0.39, 0.29) is 0 Å². The highest BCUT2D eigenvalue weighted by atomic mass is 79.9. The van der Waals surface area contributed by atoms with E-state index >= 15 is 0 Å². The Morgan fingerprint density at radius 3 is 2.33 bits per heavy atom. The molecule has 0 N–H and O–H groups in total. The van der Waals surface area contributed by atoms with Gasteiger partial charge in [-0.05, 0) is 54.4 Å². The Kier molecular flexibility index (Phi) is 4.01. The first-order valence-electron chi connectivity index (χ1n) is 5.56. The van der Waals surface area contributed by atoms with Gasteiger partial charge >= 0.3 is 0 Å². The number of benzene rings is 2. The van der Waals surface area contributed by atoms with Crippen molar-refractivity contribution in [2.45, 2.75) is 12.3 Å². The average molecular weight is 302 g/mol. The third-order valence-corrected chi connectivity index (χ3v) is 3.28. The number of nitriles is 1. The zero-order valence-electron chi connectivity index (χ0n) is 9.98. The number of ether oxygens (including phenoxy) is 1. The van der Waals surface area contributed by atoms with Crippen LogP contribution in [0.15, 0.2) is 42.5 Å². The summed E-state index contributed by atoms with van der Waals surface area (Å²) in [7, 11) is 0. The summed E-state index contributed by atoms with van der Waals surface area (Å²) < 4.78 is 5.73. The summed E-state index contributed by atoms with van der Waals surface area (Å²) in [6, 6.07) is 15.2. The summed E-state index contributed by atoms with van der Waals surface area (Å²) in [4.78, 5) is 0. The predicted molar refractivity (Wildman–Crippen MR) is 75.0 cm³/mol. The molecule has 0 unspecified atom stereocenters. The minimum Gasteiger partial charge on any atom is -0.457 e. The van der Waals surface area contributed by atoms with Crippen LogP contribution in [-0.4, -0.2) is 0 Å². The molecule has 0 saturated carbocycles. The van der Waals surface area contributed by atoms with Gasteiger partial charge in [0.05, 0.1) is 11.6 Å². The van der Waals surface area contributed by atoms with Gasteiger partial charge in [-0.15, -0.1) is 0 Å². The van der Waals surface area contributed by atoms with Gasteiger partial charge in [-0.25, -0.2) is 0 Å². The quantitative estimate of drug-likeness (QED) is 0.779. The van der Waals surface area contributed by atoms with Crippen LogP contribution in [0.25, 0.3) is 0 Å². The minimum atomic E-state index is 0.633. The Bertz CT molecular complexity index is 584. The Morgan fingerprint density at radius 2 is 1.78 bits per heavy atom. The number of hydrogen-bond acceptors (Lipinski definition) is 2. The van der Waals surface area contributed by atoms with Gasteiger partial charge in [0, 0.05) is 5.33 Å². The zero-order chi connectivity index (χ0) is 13.0. The van der Waals surface area contributed by atoms with Crippen LogP contribution in [0.2, 0.25) is 0 Å². The number of aryl methyl sites for hydroxylation is 1. The molecular weight excluding hydrogens is 290 g/mol. The fraction of sp³-hybridized carbons (Fsp3) is 0.133. The van der Waals surface area contributed by atoms with E-state index in [4.69, 9.17) is 10.00 Å². The topological polar surface area (TPSA) is 33.0 Å². The van der Waals surface area contributed by atoms with E-state index in [9.17, 15) is 0 Å². The van der Waals surface area contributed by atoms with Crippen molar-refractivity contribution in [2.75, 3.05) is 0 Å². The Hall–Kier alpha value is -1.79. The lowest BCUT2D eigenvalue weighted by Crippen LogP contribution is -1.88. The van der Waals surface area contributed by atoms with Crippen molar-refractivity contribution in [3.8, 4) is 17.6 Å². The van der Waals surface area contributed by atoms with Crippen LogP contribution in [0, 0.1) is 18.3 Å². The Labute approximate surface area is 115 Å². The molecule has 0 aliphatic heterocycles. The second-order valence-electron chi connectivity index (χ2n) is 3.96. The average Bonchev–Trinajstić information content (AvgIpc) is 2.40. The molecule has 0 saturated heterocycles. The lowest BCUT2D eigenvalue weighted by Gasteiger charge is -2.08. The molecule has 0 aliphatic carbocycles. The van der Waals surface area contributed by atoms with Gasteiger partial charge in [0.15, 0.2) is 0 Å². The van der Waals surface area contributed by atoms with Crippen LogP contribution in [0.3, 0.4) is 0 Å². The first-order chi connectivity index (χ1) is 8.72. The summed E-state index contributed by atoms with van der Waals surface area (Å²) in [6.45, 7) is 2.06. The molecular formula is C15H12BrNO. The van der Waals surface area contributed by atoms with Gasteiger partial charge in [-0.2, -0.15) is 5.26 Å². The van der Waals surface area contributed by atoms with Crippen LogP contribution >= 0.6 is 15.9 Å². The van der Waals surface area contributed by atoms with E-state index in [1.807, 2.05) is 18.2 Å². The highest BCUT2D eigenvalue weighted by Crippen LogP contribution is 2.24. The van der Waals surface area contributed by atoms with Crippen molar-refractivity contribution >= 4 is 15.9 Å². The van der Waals surface area contributed by atoms with Crippen LogP contribution in [0.1, 0.15) is 16.7 Å². The maximum absolute atomic E-state index is 8.72. The summed E-state index contributed by atoms with van der Waals surface area (Å²) in [5, 5.41) is 9.56. The first-order valence-corrected chi connectivity index (χ1v) is 6.68. The summed E-state index contributed by atoms with van der Waals surface area (Å²) >= 11 is 3.44. The van der Waals surface area contributed by atoms with Crippen LogP contribution in [0.5, 0.6) is 11.5 Å². The normalized spacial score (nSPS) is 9.83. The minimum absolute atomic E-state index is 0.633. The van der Waals surface area contributed by atoms with Crippen LogP contribution in [-0.2, 0) is 5.33 Å². The van der Waals surface area contributed by atoms with Gasteiger partial charge in [-0.1, -0.05) is 22.0 Å². The lowest BCUT2D eigenvalue weighted by atomic mass is 10.1. The monoisotopic (exact) mass is 301 g/mol. The van der Waals surface area contributed by atoms with Crippen molar-refractivity contribution in [1.82, 2.24) is 0 Å². The molecule has 0 atom stereocenters. The van der Waals surface area contributed by atoms with Gasteiger partial charge in [-0.3, -0.25) is 0 Å². The molecule has 0 amide bonds. The molecule has 0 radical (unpaired) electrons. The molecule has 0 heterocycles. The molecule has 0 spiro atoms. The molecule has 0 fully saturated rings. The van der Waals surface area contributed by atoms with Gasteiger partial charge in [0.2, 0.25) is 0 Å². The van der Waals surface area contributed by atoms with E-state index in [0.717, 1.165) is 16.8 Å². The zero-order valence-corrected chi connectivity index (χ0v) is 11.6.